The number of carbonyl (C=O) groups excluding carboxylic acids is 2. The molecule has 0 unspecified atom stereocenters. The number of benzene rings is 3. The Kier molecular flexibility index (Phi) is 7.05. The van der Waals surface area contributed by atoms with Crippen LogP contribution in [0.3, 0.4) is 0 Å². The first-order chi connectivity index (χ1) is 14.6. The first-order valence-corrected chi connectivity index (χ1v) is 9.04. The summed E-state index contributed by atoms with van der Waals surface area (Å²) in [6.07, 6.45) is 2.99. The molecule has 0 aromatic heterocycles. The van der Waals surface area contributed by atoms with Crippen molar-refractivity contribution in [3.05, 3.63) is 96.1 Å². The van der Waals surface area contributed by atoms with Crippen molar-refractivity contribution in [1.29, 1.82) is 0 Å². The smallest absolute Gasteiger partial charge is 0.355 e. The molecule has 3 rings (SSSR count). The Hall–Kier alpha value is -4.26. The second-order valence-electron chi connectivity index (χ2n) is 6.05. The van der Waals surface area contributed by atoms with Gasteiger partial charge in [0.1, 0.15) is 5.75 Å². The Morgan fingerprint density at radius 2 is 1.60 bits per heavy atom. The SMILES string of the molecule is COc1ccc(C(=O)N=Nc2ccc(NOC(=O)/C=C/c3ccccc3)cc2)cc1. The van der Waals surface area contributed by atoms with E-state index in [9.17, 15) is 9.59 Å². The van der Waals surface area contributed by atoms with Crippen molar-refractivity contribution in [1.82, 2.24) is 0 Å². The van der Waals surface area contributed by atoms with Crippen LogP contribution in [0.4, 0.5) is 11.4 Å². The van der Waals surface area contributed by atoms with Crippen molar-refractivity contribution < 1.29 is 19.2 Å². The van der Waals surface area contributed by atoms with E-state index < -0.39 is 11.9 Å². The third-order valence-electron chi connectivity index (χ3n) is 3.94. The molecule has 0 heterocycles. The number of amides is 1. The molecule has 3 aromatic rings. The number of carbonyl (C=O) groups is 2. The van der Waals surface area contributed by atoms with Crippen LogP contribution >= 0.6 is 0 Å². The molecule has 0 saturated heterocycles. The fourth-order valence-corrected chi connectivity index (χ4v) is 2.36. The maximum Gasteiger partial charge on any atom is 0.355 e. The third-order valence-corrected chi connectivity index (χ3v) is 3.94. The van der Waals surface area contributed by atoms with Crippen LogP contribution in [0.15, 0.2) is 95.2 Å². The Labute approximate surface area is 173 Å². The van der Waals surface area contributed by atoms with E-state index >= 15 is 0 Å². The van der Waals surface area contributed by atoms with Crippen LogP contribution in [0.25, 0.3) is 6.08 Å². The van der Waals surface area contributed by atoms with Crippen LogP contribution < -0.4 is 10.2 Å². The Morgan fingerprint density at radius 3 is 2.27 bits per heavy atom. The molecule has 30 heavy (non-hydrogen) atoms. The molecule has 0 atom stereocenters. The summed E-state index contributed by atoms with van der Waals surface area (Å²) in [5.41, 5.74) is 4.90. The lowest BCUT2D eigenvalue weighted by atomic mass is 10.2. The molecule has 0 saturated carbocycles. The predicted molar refractivity (Wildman–Crippen MR) is 113 cm³/mol. The largest absolute Gasteiger partial charge is 0.497 e. The van der Waals surface area contributed by atoms with Crippen molar-refractivity contribution in [3.8, 4) is 5.75 Å². The zero-order valence-electron chi connectivity index (χ0n) is 16.2. The number of azo groups is 1. The molecule has 1 amide bonds. The summed E-state index contributed by atoms with van der Waals surface area (Å²) in [5.74, 6) is -0.338. The van der Waals surface area contributed by atoms with E-state index in [4.69, 9.17) is 9.57 Å². The molecule has 0 radical (unpaired) electrons. The monoisotopic (exact) mass is 401 g/mol. The number of ether oxygens (including phenoxy) is 1. The second-order valence-corrected chi connectivity index (χ2v) is 6.05. The predicted octanol–water partition coefficient (Wildman–Crippen LogP) is 5.20. The normalized spacial score (nSPS) is 10.8. The van der Waals surface area contributed by atoms with Gasteiger partial charge >= 0.3 is 5.97 Å². The fraction of sp³-hybridized carbons (Fsp3) is 0.0435. The van der Waals surface area contributed by atoms with Gasteiger partial charge in [0.05, 0.1) is 18.5 Å². The summed E-state index contributed by atoms with van der Waals surface area (Å²) in [6.45, 7) is 0. The average Bonchev–Trinajstić information content (AvgIpc) is 2.81. The molecule has 7 heteroatoms. The van der Waals surface area contributed by atoms with E-state index in [0.717, 1.165) is 5.56 Å². The standard InChI is InChI=1S/C23H19N3O4/c1-29-21-14-8-18(9-15-21)23(28)25-24-19-10-12-20(13-11-19)26-30-22(27)16-7-17-5-3-2-4-6-17/h2-16,26H,1H3/b16-7+,25-24?. The average molecular weight is 401 g/mol. The van der Waals surface area contributed by atoms with Gasteiger partial charge < -0.3 is 9.57 Å². The first-order valence-electron chi connectivity index (χ1n) is 9.04. The van der Waals surface area contributed by atoms with Gasteiger partial charge in [-0.1, -0.05) is 30.3 Å². The van der Waals surface area contributed by atoms with Crippen molar-refractivity contribution in [2.75, 3.05) is 12.6 Å². The number of anilines is 1. The Bertz CT molecular complexity index is 1040. The number of hydrogen-bond donors (Lipinski definition) is 1. The molecule has 0 bridgehead atoms. The minimum absolute atomic E-state index is 0.410. The van der Waals surface area contributed by atoms with Gasteiger partial charge in [0.15, 0.2) is 0 Å². The summed E-state index contributed by atoms with van der Waals surface area (Å²) in [4.78, 5) is 28.8. The Morgan fingerprint density at radius 1 is 0.900 bits per heavy atom. The lowest BCUT2D eigenvalue weighted by Gasteiger charge is -2.04. The Balaban J connectivity index is 1.50. The van der Waals surface area contributed by atoms with Gasteiger partial charge in [-0.15, -0.1) is 10.2 Å². The first kappa shape index (κ1) is 20.5. The molecular weight excluding hydrogens is 382 g/mol. The summed E-state index contributed by atoms with van der Waals surface area (Å²) in [6, 6.07) is 22.6. The highest BCUT2D eigenvalue weighted by Crippen LogP contribution is 2.18. The van der Waals surface area contributed by atoms with E-state index in [1.165, 1.54) is 6.08 Å². The van der Waals surface area contributed by atoms with Crippen molar-refractivity contribution in [3.63, 3.8) is 0 Å². The molecule has 0 spiro atoms. The zero-order valence-corrected chi connectivity index (χ0v) is 16.2. The highest BCUT2D eigenvalue weighted by atomic mass is 16.7. The number of rotatable bonds is 7. The number of nitrogens with zero attached hydrogens (tertiary/aromatic N) is 2. The molecule has 150 valence electrons. The van der Waals surface area contributed by atoms with Crippen LogP contribution in [0, 0.1) is 0 Å². The quantitative estimate of drug-likeness (QED) is 0.334. The van der Waals surface area contributed by atoms with Gasteiger partial charge in [0.25, 0.3) is 5.91 Å². The van der Waals surface area contributed by atoms with Crippen LogP contribution in [-0.4, -0.2) is 19.0 Å². The van der Waals surface area contributed by atoms with Gasteiger partial charge in [-0.2, -0.15) is 0 Å². The topological polar surface area (TPSA) is 89.3 Å². The summed E-state index contributed by atoms with van der Waals surface area (Å²) in [7, 11) is 1.55. The van der Waals surface area contributed by atoms with Crippen LogP contribution in [0.2, 0.25) is 0 Å². The van der Waals surface area contributed by atoms with Gasteiger partial charge in [0, 0.05) is 11.6 Å². The van der Waals surface area contributed by atoms with E-state index in [0.29, 0.717) is 22.7 Å². The van der Waals surface area contributed by atoms with Crippen LogP contribution in [0.1, 0.15) is 15.9 Å². The summed E-state index contributed by atoms with van der Waals surface area (Å²) in [5, 5.41) is 7.63. The molecule has 0 fully saturated rings. The lowest BCUT2D eigenvalue weighted by molar-refractivity contribution is -0.134. The van der Waals surface area contributed by atoms with E-state index in [1.807, 2.05) is 30.3 Å². The molecule has 7 nitrogen and oxygen atoms in total. The fourth-order valence-electron chi connectivity index (χ4n) is 2.36. The minimum atomic E-state index is -0.535. The highest BCUT2D eigenvalue weighted by molar-refractivity contribution is 5.94. The molecule has 3 aromatic carbocycles. The van der Waals surface area contributed by atoms with Crippen molar-refractivity contribution >= 4 is 29.3 Å². The molecule has 0 aliphatic carbocycles. The second kappa shape index (κ2) is 10.3. The maximum absolute atomic E-state index is 12.0. The zero-order chi connectivity index (χ0) is 21.2. The van der Waals surface area contributed by atoms with Crippen molar-refractivity contribution in [2.24, 2.45) is 10.2 Å². The molecule has 1 N–H and O–H groups in total. The van der Waals surface area contributed by atoms with E-state index in [1.54, 1.807) is 61.7 Å². The van der Waals surface area contributed by atoms with Crippen molar-refractivity contribution in [2.45, 2.75) is 0 Å². The minimum Gasteiger partial charge on any atom is -0.497 e. The summed E-state index contributed by atoms with van der Waals surface area (Å²) >= 11 is 0. The van der Waals surface area contributed by atoms with Gasteiger partial charge in [-0.05, 0) is 60.2 Å². The number of methoxy groups -OCH3 is 1. The summed E-state index contributed by atoms with van der Waals surface area (Å²) < 4.78 is 5.05. The van der Waals surface area contributed by atoms with Gasteiger partial charge in [-0.25, -0.2) is 10.3 Å². The number of nitrogens with one attached hydrogen (secondary N) is 1. The third kappa shape index (κ3) is 6.13. The van der Waals surface area contributed by atoms with Crippen LogP contribution in [0.5, 0.6) is 5.75 Å². The molecular formula is C23H19N3O4. The van der Waals surface area contributed by atoms with Gasteiger partial charge in [-0.3, -0.25) is 4.79 Å². The van der Waals surface area contributed by atoms with Crippen LogP contribution in [-0.2, 0) is 9.63 Å². The van der Waals surface area contributed by atoms with E-state index in [2.05, 4.69) is 15.7 Å². The van der Waals surface area contributed by atoms with E-state index in [-0.39, 0.29) is 0 Å². The number of hydrogen-bond acceptors (Lipinski definition) is 6. The maximum atomic E-state index is 12.0. The lowest BCUT2D eigenvalue weighted by Crippen LogP contribution is -2.07. The van der Waals surface area contributed by atoms with Gasteiger partial charge in [0.2, 0.25) is 0 Å². The molecule has 0 aliphatic rings. The highest BCUT2D eigenvalue weighted by Gasteiger charge is 2.04. The molecule has 0 aliphatic heterocycles.